The molecule has 2 amide bonds. The molecule has 1 fully saturated rings. The lowest BCUT2D eigenvalue weighted by Crippen LogP contribution is -2.39. The lowest BCUT2D eigenvalue weighted by atomic mass is 9.96. The molecule has 3 N–H and O–H groups in total. The van der Waals surface area contributed by atoms with Crippen LogP contribution < -0.4 is 11.1 Å². The molecule has 6 nitrogen and oxygen atoms in total. The molecule has 7 heteroatoms. The number of carbonyl (C=O) groups is 2. The summed E-state index contributed by atoms with van der Waals surface area (Å²) in [4.78, 5) is 30.4. The molecule has 2 heterocycles. The fourth-order valence-electron chi connectivity index (χ4n) is 3.52. The van der Waals surface area contributed by atoms with Crippen LogP contribution in [0.5, 0.6) is 0 Å². The van der Waals surface area contributed by atoms with Crippen molar-refractivity contribution in [3.63, 3.8) is 0 Å². The van der Waals surface area contributed by atoms with E-state index in [0.717, 1.165) is 55.3 Å². The van der Waals surface area contributed by atoms with E-state index in [-0.39, 0.29) is 17.7 Å². The van der Waals surface area contributed by atoms with E-state index in [0.29, 0.717) is 12.3 Å². The maximum Gasteiger partial charge on any atom is 0.230 e. The fourth-order valence-corrected chi connectivity index (χ4v) is 4.36. The molecule has 1 aliphatic heterocycles. The molecule has 0 aliphatic carbocycles. The van der Waals surface area contributed by atoms with Gasteiger partial charge >= 0.3 is 0 Å². The molecular formula is C22H30N4O2S. The zero-order chi connectivity index (χ0) is 20.8. The van der Waals surface area contributed by atoms with Crippen molar-refractivity contribution in [3.05, 3.63) is 45.9 Å². The zero-order valence-corrected chi connectivity index (χ0v) is 18.0. The number of aromatic nitrogens is 1. The van der Waals surface area contributed by atoms with Gasteiger partial charge in [-0.05, 0) is 50.0 Å². The van der Waals surface area contributed by atoms with Crippen LogP contribution in [0, 0.1) is 5.92 Å². The van der Waals surface area contributed by atoms with Gasteiger partial charge in [-0.2, -0.15) is 0 Å². The summed E-state index contributed by atoms with van der Waals surface area (Å²) in [5.41, 5.74) is 8.26. The summed E-state index contributed by atoms with van der Waals surface area (Å²) in [6, 6.07) is 8.03. The minimum atomic E-state index is -0.169. The normalized spacial score (nSPS) is 15.6. The van der Waals surface area contributed by atoms with Crippen LogP contribution in [0.1, 0.15) is 48.9 Å². The number of rotatable bonds is 8. The fraction of sp³-hybridized carbons (Fsp3) is 0.500. The quantitative estimate of drug-likeness (QED) is 0.694. The lowest BCUT2D eigenvalue weighted by molar-refractivity contribution is -0.123. The number of thiazole rings is 1. The van der Waals surface area contributed by atoms with Gasteiger partial charge in [-0.3, -0.25) is 9.59 Å². The SMILES string of the molecule is CC(C)c1nc(CC(=O)Nc2ccc(CCN3CCC(C(N)=O)CC3)cc2)cs1. The van der Waals surface area contributed by atoms with Crippen LogP contribution >= 0.6 is 11.3 Å². The third-order valence-corrected chi connectivity index (χ3v) is 6.54. The molecule has 0 radical (unpaired) electrons. The summed E-state index contributed by atoms with van der Waals surface area (Å²) >= 11 is 1.61. The highest BCUT2D eigenvalue weighted by Gasteiger charge is 2.22. The van der Waals surface area contributed by atoms with Crippen molar-refractivity contribution in [2.24, 2.45) is 11.7 Å². The lowest BCUT2D eigenvalue weighted by Gasteiger charge is -2.30. The number of likely N-dealkylation sites (tertiary alicyclic amines) is 1. The maximum absolute atomic E-state index is 12.3. The molecule has 3 rings (SSSR count). The topological polar surface area (TPSA) is 88.3 Å². The molecular weight excluding hydrogens is 384 g/mol. The van der Waals surface area contributed by atoms with Gasteiger partial charge in [0.15, 0.2) is 0 Å². The van der Waals surface area contributed by atoms with Crippen molar-refractivity contribution >= 4 is 28.8 Å². The number of nitrogens with zero attached hydrogens (tertiary/aromatic N) is 2. The molecule has 2 aromatic rings. The van der Waals surface area contributed by atoms with Crippen LogP contribution in [-0.4, -0.2) is 41.3 Å². The van der Waals surface area contributed by atoms with Crippen LogP contribution in [-0.2, 0) is 22.4 Å². The van der Waals surface area contributed by atoms with E-state index in [9.17, 15) is 9.59 Å². The Morgan fingerprint density at radius 2 is 1.93 bits per heavy atom. The molecule has 156 valence electrons. The van der Waals surface area contributed by atoms with Gasteiger partial charge in [-0.15, -0.1) is 11.3 Å². The molecule has 1 aromatic carbocycles. The van der Waals surface area contributed by atoms with E-state index in [4.69, 9.17) is 5.73 Å². The van der Waals surface area contributed by atoms with Crippen LogP contribution in [0.2, 0.25) is 0 Å². The summed E-state index contributed by atoms with van der Waals surface area (Å²) in [7, 11) is 0. The van der Waals surface area contributed by atoms with Crippen molar-refractivity contribution < 1.29 is 9.59 Å². The highest BCUT2D eigenvalue weighted by atomic mass is 32.1. The molecule has 0 atom stereocenters. The average molecular weight is 415 g/mol. The summed E-state index contributed by atoms with van der Waals surface area (Å²) in [5, 5.41) is 5.98. The zero-order valence-electron chi connectivity index (χ0n) is 17.2. The number of primary amides is 1. The van der Waals surface area contributed by atoms with Crippen LogP contribution in [0.4, 0.5) is 5.69 Å². The van der Waals surface area contributed by atoms with E-state index in [1.165, 1.54) is 5.56 Å². The number of piperidine rings is 1. The Kier molecular flexibility index (Phi) is 7.39. The Morgan fingerprint density at radius 3 is 2.52 bits per heavy atom. The highest BCUT2D eigenvalue weighted by molar-refractivity contribution is 7.09. The predicted octanol–water partition coefficient (Wildman–Crippen LogP) is 3.19. The molecule has 0 bridgehead atoms. The van der Waals surface area contributed by atoms with Gasteiger partial charge in [-0.25, -0.2) is 4.98 Å². The predicted molar refractivity (Wildman–Crippen MR) is 117 cm³/mol. The Labute approximate surface area is 176 Å². The van der Waals surface area contributed by atoms with Crippen molar-refractivity contribution in [1.82, 2.24) is 9.88 Å². The largest absolute Gasteiger partial charge is 0.369 e. The number of amides is 2. The molecule has 1 saturated heterocycles. The third-order valence-electron chi connectivity index (χ3n) is 5.35. The number of carbonyl (C=O) groups excluding carboxylic acids is 2. The van der Waals surface area contributed by atoms with Gasteiger partial charge in [0.1, 0.15) is 0 Å². The van der Waals surface area contributed by atoms with Crippen LogP contribution in [0.3, 0.4) is 0 Å². The minimum absolute atomic E-state index is 0.0374. The standard InChI is InChI=1S/C22H30N4O2S/c1-15(2)22-25-19(14-29-22)13-20(27)24-18-5-3-16(4-6-18)7-10-26-11-8-17(9-12-26)21(23)28/h3-6,14-15,17H,7-13H2,1-2H3,(H2,23,28)(H,24,27). The van der Waals surface area contributed by atoms with Crippen molar-refractivity contribution in [1.29, 1.82) is 0 Å². The molecule has 0 spiro atoms. The van der Waals surface area contributed by atoms with Crippen molar-refractivity contribution in [3.8, 4) is 0 Å². The van der Waals surface area contributed by atoms with Gasteiger partial charge < -0.3 is 16.0 Å². The summed E-state index contributed by atoms with van der Waals surface area (Å²) in [5.74, 6) is 0.211. The second-order valence-electron chi connectivity index (χ2n) is 8.02. The van der Waals surface area contributed by atoms with E-state index in [2.05, 4.69) is 41.2 Å². The van der Waals surface area contributed by atoms with E-state index < -0.39 is 0 Å². The summed E-state index contributed by atoms with van der Waals surface area (Å²) in [6.07, 6.45) is 2.97. The van der Waals surface area contributed by atoms with Gasteiger partial charge in [0, 0.05) is 29.4 Å². The first-order chi connectivity index (χ1) is 13.9. The molecule has 0 unspecified atom stereocenters. The Morgan fingerprint density at radius 1 is 1.24 bits per heavy atom. The first-order valence-electron chi connectivity index (χ1n) is 10.3. The second kappa shape index (κ2) is 9.98. The van der Waals surface area contributed by atoms with Crippen LogP contribution in [0.15, 0.2) is 29.6 Å². The number of anilines is 1. The number of nitrogens with one attached hydrogen (secondary N) is 1. The monoisotopic (exact) mass is 414 g/mol. The number of nitrogens with two attached hydrogens (primary N) is 1. The van der Waals surface area contributed by atoms with Gasteiger partial charge in [0.2, 0.25) is 11.8 Å². The number of hydrogen-bond acceptors (Lipinski definition) is 5. The van der Waals surface area contributed by atoms with Gasteiger partial charge in [0.25, 0.3) is 0 Å². The Bertz CT molecular complexity index is 824. The first kappa shape index (κ1) is 21.5. The molecule has 29 heavy (non-hydrogen) atoms. The molecule has 0 saturated carbocycles. The Balaban J connectivity index is 1.42. The van der Waals surface area contributed by atoms with E-state index in [1.54, 1.807) is 11.3 Å². The van der Waals surface area contributed by atoms with Crippen molar-refractivity contribution in [2.75, 3.05) is 25.0 Å². The highest BCUT2D eigenvalue weighted by Crippen LogP contribution is 2.20. The number of benzene rings is 1. The molecule has 1 aromatic heterocycles. The average Bonchev–Trinajstić information content (AvgIpc) is 3.16. The van der Waals surface area contributed by atoms with Gasteiger partial charge in [0.05, 0.1) is 17.1 Å². The Hall–Kier alpha value is -2.25. The smallest absolute Gasteiger partial charge is 0.230 e. The third kappa shape index (κ3) is 6.37. The first-order valence-corrected chi connectivity index (χ1v) is 11.1. The minimum Gasteiger partial charge on any atom is -0.369 e. The van der Waals surface area contributed by atoms with Crippen LogP contribution in [0.25, 0.3) is 0 Å². The summed E-state index contributed by atoms with van der Waals surface area (Å²) < 4.78 is 0. The van der Waals surface area contributed by atoms with Gasteiger partial charge in [-0.1, -0.05) is 26.0 Å². The second-order valence-corrected chi connectivity index (χ2v) is 8.91. The van der Waals surface area contributed by atoms with E-state index in [1.807, 2.05) is 17.5 Å². The van der Waals surface area contributed by atoms with Crippen molar-refractivity contribution in [2.45, 2.75) is 45.4 Å². The molecule has 1 aliphatic rings. The summed E-state index contributed by atoms with van der Waals surface area (Å²) in [6.45, 7) is 7.04. The van der Waals surface area contributed by atoms with E-state index >= 15 is 0 Å². The number of hydrogen-bond donors (Lipinski definition) is 2. The maximum atomic E-state index is 12.3.